The van der Waals surface area contributed by atoms with Crippen LogP contribution in [0.3, 0.4) is 0 Å². The number of anilines is 1. The number of nitrogens with two attached hydrogens (primary N) is 1. The van der Waals surface area contributed by atoms with E-state index in [2.05, 4.69) is 46.5 Å². The monoisotopic (exact) mass is 434 g/mol. The molecular weight excluding hydrogens is 408 g/mol. The van der Waals surface area contributed by atoms with Gasteiger partial charge in [0.15, 0.2) is 11.5 Å². The van der Waals surface area contributed by atoms with Gasteiger partial charge in [0, 0.05) is 27.8 Å². The number of hydrogen-bond acceptors (Lipinski definition) is 7. The molecule has 1 atom stereocenters. The van der Waals surface area contributed by atoms with Crippen LogP contribution in [0.1, 0.15) is 29.2 Å². The molecule has 0 amide bonds. The lowest BCUT2D eigenvalue weighted by Gasteiger charge is -2.16. The number of ether oxygens (including phenoxy) is 2. The normalized spacial score (nSPS) is 12.0. The number of fused-ring (bicyclic) bond motifs is 1. The molecule has 160 valence electrons. The summed E-state index contributed by atoms with van der Waals surface area (Å²) in [5.74, 6) is 2.76. The van der Waals surface area contributed by atoms with E-state index in [1.165, 1.54) is 15.3 Å². The van der Waals surface area contributed by atoms with Crippen molar-refractivity contribution >= 4 is 28.1 Å². The second kappa shape index (κ2) is 8.91. The van der Waals surface area contributed by atoms with Gasteiger partial charge in [0.1, 0.15) is 11.6 Å². The summed E-state index contributed by atoms with van der Waals surface area (Å²) in [6.45, 7) is 4.54. The van der Waals surface area contributed by atoms with Crippen molar-refractivity contribution in [2.75, 3.05) is 19.5 Å². The Balaban J connectivity index is 1.67. The van der Waals surface area contributed by atoms with Crippen molar-refractivity contribution in [3.8, 4) is 21.9 Å². The molecule has 0 fully saturated rings. The Morgan fingerprint density at radius 1 is 1.03 bits per heavy atom. The molecule has 0 aliphatic heterocycles. The van der Waals surface area contributed by atoms with Crippen LogP contribution in [-0.2, 0) is 6.54 Å². The maximum atomic E-state index is 5.93. The molecule has 0 spiro atoms. The Hall–Kier alpha value is -3.16. The summed E-state index contributed by atoms with van der Waals surface area (Å²) in [5.41, 5.74) is 9.07. The minimum Gasteiger partial charge on any atom is -0.493 e. The fourth-order valence-electron chi connectivity index (χ4n) is 3.63. The minimum atomic E-state index is 0.0642. The zero-order valence-corrected chi connectivity index (χ0v) is 18.9. The molecule has 2 aromatic heterocycles. The average Bonchev–Trinajstić information content (AvgIpc) is 3.28. The van der Waals surface area contributed by atoms with E-state index in [9.17, 15) is 0 Å². The van der Waals surface area contributed by atoms with Crippen LogP contribution in [0, 0.1) is 6.92 Å². The van der Waals surface area contributed by atoms with Crippen LogP contribution in [0.15, 0.2) is 48.5 Å². The predicted molar refractivity (Wildman–Crippen MR) is 127 cm³/mol. The Bertz CT molecular complexity index is 1220. The summed E-state index contributed by atoms with van der Waals surface area (Å²) in [5, 5.41) is 4.45. The highest BCUT2D eigenvalue weighted by atomic mass is 32.1. The van der Waals surface area contributed by atoms with E-state index < -0.39 is 0 Å². The second-order valence-electron chi connectivity index (χ2n) is 7.27. The number of thiophene rings is 1. The maximum absolute atomic E-state index is 5.93. The summed E-state index contributed by atoms with van der Waals surface area (Å²) in [7, 11) is 3.25. The van der Waals surface area contributed by atoms with Gasteiger partial charge in [-0.15, -0.1) is 11.3 Å². The first-order valence-electron chi connectivity index (χ1n) is 10.1. The largest absolute Gasteiger partial charge is 0.493 e. The predicted octanol–water partition coefficient (Wildman–Crippen LogP) is 5.32. The first-order valence-corrected chi connectivity index (χ1v) is 10.9. The number of hydrogen-bond donors (Lipinski definition) is 2. The highest BCUT2D eigenvalue weighted by Crippen LogP contribution is 2.37. The van der Waals surface area contributed by atoms with Crippen LogP contribution in [0.2, 0.25) is 0 Å². The van der Waals surface area contributed by atoms with Crippen LogP contribution in [-0.4, -0.2) is 24.2 Å². The van der Waals surface area contributed by atoms with Gasteiger partial charge in [-0.05, 0) is 43.2 Å². The van der Waals surface area contributed by atoms with Crippen molar-refractivity contribution in [3.05, 3.63) is 64.8 Å². The summed E-state index contributed by atoms with van der Waals surface area (Å²) in [6, 6.07) is 16.4. The highest BCUT2D eigenvalue weighted by Gasteiger charge is 2.16. The van der Waals surface area contributed by atoms with Gasteiger partial charge in [-0.1, -0.05) is 24.3 Å². The number of rotatable bonds is 7. The molecule has 7 heteroatoms. The first-order chi connectivity index (χ1) is 15.0. The minimum absolute atomic E-state index is 0.0642. The van der Waals surface area contributed by atoms with E-state index >= 15 is 0 Å². The van der Waals surface area contributed by atoms with E-state index in [0.29, 0.717) is 23.9 Å². The van der Waals surface area contributed by atoms with E-state index in [-0.39, 0.29) is 6.04 Å². The van der Waals surface area contributed by atoms with Crippen molar-refractivity contribution in [2.24, 2.45) is 5.73 Å². The highest BCUT2D eigenvalue weighted by molar-refractivity contribution is 7.15. The van der Waals surface area contributed by atoms with E-state index in [4.69, 9.17) is 15.2 Å². The van der Waals surface area contributed by atoms with Crippen LogP contribution in [0.4, 0.5) is 5.82 Å². The molecule has 0 bridgehead atoms. The molecule has 4 aromatic rings. The number of nitrogens with zero attached hydrogens (tertiary/aromatic N) is 2. The lowest BCUT2D eigenvalue weighted by Crippen LogP contribution is -2.08. The molecule has 2 heterocycles. The van der Waals surface area contributed by atoms with Crippen molar-refractivity contribution in [1.29, 1.82) is 0 Å². The van der Waals surface area contributed by atoms with Crippen molar-refractivity contribution < 1.29 is 9.47 Å². The fraction of sp³-hybridized carbons (Fsp3) is 0.250. The standard InChI is InChI=1S/C24H26N4O2S/c1-14(22-9-10-23(31-22)17-8-6-5-7-16(17)13-25)26-24-18-11-20(29-3)21(30-4)12-19(18)27-15(2)28-24/h5-12,14H,13,25H2,1-4H3,(H,26,27,28). The summed E-state index contributed by atoms with van der Waals surface area (Å²) in [6.07, 6.45) is 0. The summed E-state index contributed by atoms with van der Waals surface area (Å²) >= 11 is 1.76. The van der Waals surface area contributed by atoms with Crippen LogP contribution in [0.25, 0.3) is 21.3 Å². The Kier molecular flexibility index (Phi) is 6.06. The van der Waals surface area contributed by atoms with E-state index in [1.807, 2.05) is 31.2 Å². The third-order valence-electron chi connectivity index (χ3n) is 5.22. The van der Waals surface area contributed by atoms with Crippen molar-refractivity contribution in [2.45, 2.75) is 26.4 Å². The number of aryl methyl sites for hydroxylation is 1. The molecule has 6 nitrogen and oxygen atoms in total. The topological polar surface area (TPSA) is 82.3 Å². The molecule has 2 aromatic carbocycles. The number of aromatic nitrogens is 2. The smallest absolute Gasteiger partial charge is 0.162 e. The molecule has 0 radical (unpaired) electrons. The number of methoxy groups -OCH3 is 2. The van der Waals surface area contributed by atoms with Crippen LogP contribution >= 0.6 is 11.3 Å². The SMILES string of the molecule is COc1cc2nc(C)nc(NC(C)c3ccc(-c4ccccc4CN)s3)c2cc1OC. The molecule has 1 unspecified atom stereocenters. The third kappa shape index (κ3) is 4.19. The molecule has 31 heavy (non-hydrogen) atoms. The Labute approximate surface area is 186 Å². The van der Waals surface area contributed by atoms with E-state index in [1.54, 1.807) is 25.6 Å². The van der Waals surface area contributed by atoms with Gasteiger partial charge in [-0.3, -0.25) is 0 Å². The summed E-state index contributed by atoms with van der Waals surface area (Å²) < 4.78 is 10.9. The van der Waals surface area contributed by atoms with Gasteiger partial charge in [-0.25, -0.2) is 9.97 Å². The van der Waals surface area contributed by atoms with Gasteiger partial charge in [0.25, 0.3) is 0 Å². The van der Waals surface area contributed by atoms with Crippen LogP contribution in [0.5, 0.6) is 11.5 Å². The van der Waals surface area contributed by atoms with Gasteiger partial charge in [-0.2, -0.15) is 0 Å². The molecule has 0 saturated carbocycles. The van der Waals surface area contributed by atoms with Crippen LogP contribution < -0.4 is 20.5 Å². The quantitative estimate of drug-likeness (QED) is 0.410. The fourth-order valence-corrected chi connectivity index (χ4v) is 4.70. The van der Waals surface area contributed by atoms with Gasteiger partial charge in [0.05, 0.1) is 25.8 Å². The molecule has 0 aliphatic rings. The van der Waals surface area contributed by atoms with Gasteiger partial charge in [0.2, 0.25) is 0 Å². The van der Waals surface area contributed by atoms with Crippen molar-refractivity contribution in [1.82, 2.24) is 9.97 Å². The van der Waals surface area contributed by atoms with Crippen molar-refractivity contribution in [3.63, 3.8) is 0 Å². The lowest BCUT2D eigenvalue weighted by atomic mass is 10.1. The molecule has 0 saturated heterocycles. The second-order valence-corrected chi connectivity index (χ2v) is 8.39. The first kappa shape index (κ1) is 21.1. The Morgan fingerprint density at radius 3 is 2.52 bits per heavy atom. The van der Waals surface area contributed by atoms with Gasteiger partial charge >= 0.3 is 0 Å². The molecule has 0 aliphatic carbocycles. The third-order valence-corrected chi connectivity index (χ3v) is 6.52. The maximum Gasteiger partial charge on any atom is 0.162 e. The zero-order chi connectivity index (χ0) is 22.0. The Morgan fingerprint density at radius 2 is 1.77 bits per heavy atom. The van der Waals surface area contributed by atoms with Gasteiger partial charge < -0.3 is 20.5 Å². The number of benzene rings is 2. The molecular formula is C24H26N4O2S. The lowest BCUT2D eigenvalue weighted by molar-refractivity contribution is 0.356. The van der Waals surface area contributed by atoms with E-state index in [0.717, 1.165) is 22.3 Å². The average molecular weight is 435 g/mol. The molecule has 3 N–H and O–H groups in total. The number of nitrogens with one attached hydrogen (secondary N) is 1. The molecule has 4 rings (SSSR count). The summed E-state index contributed by atoms with van der Waals surface area (Å²) in [4.78, 5) is 11.6. The zero-order valence-electron chi connectivity index (χ0n) is 18.1.